The summed E-state index contributed by atoms with van der Waals surface area (Å²) >= 11 is 0. The third-order valence-electron chi connectivity index (χ3n) is 3.73. The summed E-state index contributed by atoms with van der Waals surface area (Å²) in [5.74, 6) is 2.04. The highest BCUT2D eigenvalue weighted by molar-refractivity contribution is 5.31. The van der Waals surface area contributed by atoms with Crippen molar-refractivity contribution in [3.05, 3.63) is 24.3 Å². The highest BCUT2D eigenvalue weighted by atomic mass is 16.5. The van der Waals surface area contributed by atoms with Crippen LogP contribution < -0.4 is 14.8 Å². The molecule has 0 bridgehead atoms. The zero-order valence-corrected chi connectivity index (χ0v) is 12.9. The third-order valence-corrected chi connectivity index (χ3v) is 3.73. The summed E-state index contributed by atoms with van der Waals surface area (Å²) in [5, 5.41) is 12.8. The van der Waals surface area contributed by atoms with Crippen LogP contribution in [0.2, 0.25) is 0 Å². The normalized spacial score (nSPS) is 16.8. The van der Waals surface area contributed by atoms with Gasteiger partial charge in [-0.15, -0.1) is 0 Å². The Kier molecular flexibility index (Phi) is 5.46. The zero-order chi connectivity index (χ0) is 15.1. The fraction of sp³-hybridized carbons (Fsp3) is 0.588. The first-order valence-corrected chi connectivity index (χ1v) is 7.76. The second-order valence-electron chi connectivity index (χ2n) is 5.50. The largest absolute Gasteiger partial charge is 0.494 e. The maximum absolute atomic E-state index is 9.52. The number of benzene rings is 1. The predicted molar refractivity (Wildman–Crippen MR) is 82.5 cm³/mol. The molecule has 1 N–H and O–H groups in total. The van der Waals surface area contributed by atoms with E-state index in [0.29, 0.717) is 12.5 Å². The van der Waals surface area contributed by atoms with E-state index in [-0.39, 0.29) is 0 Å². The van der Waals surface area contributed by atoms with Crippen LogP contribution in [0.3, 0.4) is 0 Å². The number of nitrogens with one attached hydrogen (secondary N) is 1. The number of rotatable bonds is 9. The molecule has 0 aromatic heterocycles. The van der Waals surface area contributed by atoms with Gasteiger partial charge in [0.25, 0.3) is 0 Å². The van der Waals surface area contributed by atoms with E-state index in [1.54, 1.807) is 0 Å². The number of ether oxygens (including phenoxy) is 2. The maximum Gasteiger partial charge on any atom is 0.143 e. The van der Waals surface area contributed by atoms with Gasteiger partial charge in [-0.05, 0) is 56.0 Å². The molecule has 0 heterocycles. The second-order valence-corrected chi connectivity index (χ2v) is 5.50. The van der Waals surface area contributed by atoms with Crippen LogP contribution in [-0.4, -0.2) is 25.3 Å². The molecule has 0 radical (unpaired) electrons. The van der Waals surface area contributed by atoms with Gasteiger partial charge in [-0.25, -0.2) is 0 Å². The van der Waals surface area contributed by atoms with E-state index in [1.807, 2.05) is 31.2 Å². The van der Waals surface area contributed by atoms with Crippen LogP contribution in [0, 0.1) is 17.2 Å². The molecule has 2 rings (SSSR count). The average molecular weight is 288 g/mol. The molecule has 1 aromatic carbocycles. The van der Waals surface area contributed by atoms with Crippen molar-refractivity contribution in [2.24, 2.45) is 5.92 Å². The topological polar surface area (TPSA) is 54.3 Å². The Morgan fingerprint density at radius 3 is 2.29 bits per heavy atom. The third kappa shape index (κ3) is 4.12. The van der Waals surface area contributed by atoms with Crippen LogP contribution in [0.25, 0.3) is 0 Å². The van der Waals surface area contributed by atoms with E-state index in [2.05, 4.69) is 18.3 Å². The molecule has 1 unspecified atom stereocenters. The van der Waals surface area contributed by atoms with Crippen LogP contribution in [0.4, 0.5) is 0 Å². The Morgan fingerprint density at radius 2 is 1.81 bits per heavy atom. The van der Waals surface area contributed by atoms with E-state index >= 15 is 0 Å². The SMILES string of the molecule is CCCOc1ccc(OCC(C#N)(NCC)C2CC2)cc1. The molecule has 1 saturated carbocycles. The van der Waals surface area contributed by atoms with Gasteiger partial charge in [-0.1, -0.05) is 13.8 Å². The van der Waals surface area contributed by atoms with Gasteiger partial charge in [0, 0.05) is 0 Å². The van der Waals surface area contributed by atoms with Gasteiger partial charge in [0.05, 0.1) is 12.7 Å². The molecular formula is C17H24N2O2. The van der Waals surface area contributed by atoms with Crippen LogP contribution in [0.1, 0.15) is 33.1 Å². The number of likely N-dealkylation sites (N-methyl/N-ethyl adjacent to an activating group) is 1. The lowest BCUT2D eigenvalue weighted by molar-refractivity contribution is 0.204. The highest BCUT2D eigenvalue weighted by Gasteiger charge is 2.46. The standard InChI is InChI=1S/C17H24N2O2/c1-3-11-20-15-7-9-16(10-8-15)21-13-17(12-18,19-4-2)14-5-6-14/h7-10,14,19H,3-6,11,13H2,1-2H3. The molecule has 1 aliphatic carbocycles. The Morgan fingerprint density at radius 1 is 1.19 bits per heavy atom. The molecular weight excluding hydrogens is 264 g/mol. The summed E-state index contributed by atoms with van der Waals surface area (Å²) in [5.41, 5.74) is -0.549. The average Bonchev–Trinajstić information content (AvgIpc) is 3.36. The molecule has 0 aliphatic heterocycles. The first-order chi connectivity index (χ1) is 10.2. The summed E-state index contributed by atoms with van der Waals surface area (Å²) in [6, 6.07) is 10.0. The molecule has 21 heavy (non-hydrogen) atoms. The van der Waals surface area contributed by atoms with E-state index in [9.17, 15) is 5.26 Å². The monoisotopic (exact) mass is 288 g/mol. The molecule has 1 atom stereocenters. The lowest BCUT2D eigenvalue weighted by atomic mass is 9.96. The summed E-state index contributed by atoms with van der Waals surface area (Å²) in [6.07, 6.45) is 3.20. The Balaban J connectivity index is 1.93. The molecule has 0 spiro atoms. The predicted octanol–water partition coefficient (Wildman–Crippen LogP) is 3.14. The Bertz CT molecular complexity index is 477. The number of nitrogens with zero attached hydrogens (tertiary/aromatic N) is 1. The van der Waals surface area contributed by atoms with Crippen molar-refractivity contribution in [1.82, 2.24) is 5.32 Å². The van der Waals surface area contributed by atoms with Gasteiger partial charge < -0.3 is 9.47 Å². The lowest BCUT2D eigenvalue weighted by Gasteiger charge is -2.27. The minimum absolute atomic E-state index is 0.386. The molecule has 1 fully saturated rings. The van der Waals surface area contributed by atoms with Gasteiger partial charge in [-0.3, -0.25) is 5.32 Å². The molecule has 4 nitrogen and oxygen atoms in total. The van der Waals surface area contributed by atoms with Crippen LogP contribution in [-0.2, 0) is 0 Å². The first kappa shape index (κ1) is 15.7. The summed E-state index contributed by atoms with van der Waals surface area (Å²) in [6.45, 7) is 5.99. The van der Waals surface area contributed by atoms with Gasteiger partial charge in [0.2, 0.25) is 0 Å². The summed E-state index contributed by atoms with van der Waals surface area (Å²) in [7, 11) is 0. The molecule has 1 aliphatic rings. The molecule has 4 heteroatoms. The van der Waals surface area contributed by atoms with E-state index in [1.165, 1.54) is 0 Å². The van der Waals surface area contributed by atoms with Crippen molar-refractivity contribution in [1.29, 1.82) is 5.26 Å². The summed E-state index contributed by atoms with van der Waals surface area (Å²) < 4.78 is 11.4. The fourth-order valence-electron chi connectivity index (χ4n) is 2.42. The van der Waals surface area contributed by atoms with Crippen molar-refractivity contribution in [3.63, 3.8) is 0 Å². The highest BCUT2D eigenvalue weighted by Crippen LogP contribution is 2.39. The smallest absolute Gasteiger partial charge is 0.143 e. The maximum atomic E-state index is 9.52. The van der Waals surface area contributed by atoms with Crippen LogP contribution in [0.15, 0.2) is 24.3 Å². The Hall–Kier alpha value is -1.73. The first-order valence-electron chi connectivity index (χ1n) is 7.76. The fourth-order valence-corrected chi connectivity index (χ4v) is 2.42. The van der Waals surface area contributed by atoms with Gasteiger partial charge >= 0.3 is 0 Å². The minimum Gasteiger partial charge on any atom is -0.494 e. The van der Waals surface area contributed by atoms with E-state index < -0.39 is 5.54 Å². The quantitative estimate of drug-likeness (QED) is 0.758. The Labute approximate surface area is 127 Å². The van der Waals surface area contributed by atoms with E-state index in [4.69, 9.17) is 9.47 Å². The van der Waals surface area contributed by atoms with Crippen molar-refractivity contribution in [3.8, 4) is 17.6 Å². The van der Waals surface area contributed by atoms with Gasteiger partial charge in [0.1, 0.15) is 23.6 Å². The number of hydrogen-bond donors (Lipinski definition) is 1. The molecule has 0 saturated heterocycles. The van der Waals surface area contributed by atoms with E-state index in [0.717, 1.165) is 43.9 Å². The molecule has 0 amide bonds. The van der Waals surface area contributed by atoms with Crippen molar-refractivity contribution in [2.75, 3.05) is 19.8 Å². The zero-order valence-electron chi connectivity index (χ0n) is 12.9. The summed E-state index contributed by atoms with van der Waals surface area (Å²) in [4.78, 5) is 0. The number of hydrogen-bond acceptors (Lipinski definition) is 4. The lowest BCUT2D eigenvalue weighted by Crippen LogP contribution is -2.50. The van der Waals surface area contributed by atoms with Crippen molar-refractivity contribution in [2.45, 2.75) is 38.6 Å². The second kappa shape index (κ2) is 7.33. The molecule has 1 aromatic rings. The number of nitriles is 1. The molecule has 114 valence electrons. The van der Waals surface area contributed by atoms with Crippen LogP contribution >= 0.6 is 0 Å². The van der Waals surface area contributed by atoms with Gasteiger partial charge in [-0.2, -0.15) is 5.26 Å². The minimum atomic E-state index is -0.549. The van der Waals surface area contributed by atoms with Crippen molar-refractivity contribution < 1.29 is 9.47 Å². The van der Waals surface area contributed by atoms with Gasteiger partial charge in [0.15, 0.2) is 0 Å². The van der Waals surface area contributed by atoms with Crippen LogP contribution in [0.5, 0.6) is 11.5 Å². The van der Waals surface area contributed by atoms with Crippen molar-refractivity contribution >= 4 is 0 Å².